The van der Waals surface area contributed by atoms with Gasteiger partial charge in [-0.05, 0) is 62.4 Å². The van der Waals surface area contributed by atoms with Crippen LogP contribution in [0.15, 0.2) is 53.4 Å². The highest BCUT2D eigenvalue weighted by Gasteiger charge is 2.38. The number of carbonyl (C=O) groups excluding carboxylic acids is 1. The number of sulfonamides is 1. The Labute approximate surface area is 161 Å². The highest BCUT2D eigenvalue weighted by molar-refractivity contribution is 7.89. The van der Waals surface area contributed by atoms with Crippen LogP contribution in [-0.2, 0) is 16.6 Å². The molecule has 1 aliphatic carbocycles. The SMILES string of the molecule is COc1ccc(CN(C(C)C2CC2)S(=O)(=O)c2cccc(C(C)=O)c2)cc1. The van der Waals surface area contributed by atoms with Crippen molar-refractivity contribution < 1.29 is 17.9 Å². The van der Waals surface area contributed by atoms with Gasteiger partial charge in [-0.1, -0.05) is 24.3 Å². The maximum Gasteiger partial charge on any atom is 0.243 e. The first-order chi connectivity index (χ1) is 12.8. The van der Waals surface area contributed by atoms with Crippen molar-refractivity contribution >= 4 is 15.8 Å². The topological polar surface area (TPSA) is 63.7 Å². The Kier molecular flexibility index (Phi) is 5.67. The smallest absolute Gasteiger partial charge is 0.243 e. The number of ether oxygens (including phenoxy) is 1. The van der Waals surface area contributed by atoms with Crippen LogP contribution in [0.4, 0.5) is 0 Å². The number of benzene rings is 2. The van der Waals surface area contributed by atoms with E-state index < -0.39 is 10.0 Å². The van der Waals surface area contributed by atoms with E-state index in [0.717, 1.165) is 24.2 Å². The lowest BCUT2D eigenvalue weighted by molar-refractivity contribution is 0.101. The molecule has 0 aromatic heterocycles. The van der Waals surface area contributed by atoms with E-state index in [-0.39, 0.29) is 23.3 Å². The summed E-state index contributed by atoms with van der Waals surface area (Å²) in [6, 6.07) is 13.6. The number of methoxy groups -OCH3 is 1. The van der Waals surface area contributed by atoms with Crippen molar-refractivity contribution in [2.75, 3.05) is 7.11 Å². The summed E-state index contributed by atoms with van der Waals surface area (Å²) in [5, 5.41) is 0. The summed E-state index contributed by atoms with van der Waals surface area (Å²) >= 11 is 0. The first-order valence-corrected chi connectivity index (χ1v) is 10.5. The lowest BCUT2D eigenvalue weighted by Gasteiger charge is -2.29. The zero-order valence-electron chi connectivity index (χ0n) is 15.9. The molecular formula is C21H25NO4S. The third-order valence-electron chi connectivity index (χ3n) is 5.10. The second-order valence-corrected chi connectivity index (χ2v) is 8.95. The van der Waals surface area contributed by atoms with Crippen molar-refractivity contribution in [2.45, 2.75) is 44.2 Å². The summed E-state index contributed by atoms with van der Waals surface area (Å²) < 4.78 is 33.5. The van der Waals surface area contributed by atoms with Gasteiger partial charge < -0.3 is 4.74 Å². The monoisotopic (exact) mass is 387 g/mol. The minimum atomic E-state index is -3.73. The molecule has 0 N–H and O–H groups in total. The van der Waals surface area contributed by atoms with Gasteiger partial charge in [0.25, 0.3) is 0 Å². The zero-order chi connectivity index (χ0) is 19.6. The molecule has 2 aromatic carbocycles. The number of nitrogens with zero attached hydrogens (tertiary/aromatic N) is 1. The van der Waals surface area contributed by atoms with Crippen molar-refractivity contribution in [1.82, 2.24) is 4.31 Å². The van der Waals surface area contributed by atoms with Gasteiger partial charge in [0.05, 0.1) is 12.0 Å². The maximum absolute atomic E-state index is 13.4. The predicted octanol–water partition coefficient (Wildman–Crippen LogP) is 3.89. The van der Waals surface area contributed by atoms with Crippen molar-refractivity contribution in [2.24, 2.45) is 5.92 Å². The molecule has 1 fully saturated rings. The fraction of sp³-hybridized carbons (Fsp3) is 0.381. The molecule has 3 rings (SSSR count). The Bertz CT molecular complexity index is 917. The molecule has 144 valence electrons. The van der Waals surface area contributed by atoms with Crippen molar-refractivity contribution in [3.63, 3.8) is 0 Å². The van der Waals surface area contributed by atoms with E-state index in [2.05, 4.69) is 0 Å². The highest BCUT2D eigenvalue weighted by Crippen LogP contribution is 2.38. The molecule has 0 bridgehead atoms. The summed E-state index contributed by atoms with van der Waals surface area (Å²) in [4.78, 5) is 11.8. The van der Waals surface area contributed by atoms with E-state index in [0.29, 0.717) is 11.5 Å². The maximum atomic E-state index is 13.4. The fourth-order valence-corrected chi connectivity index (χ4v) is 4.91. The van der Waals surface area contributed by atoms with Crippen LogP contribution in [0.3, 0.4) is 0 Å². The number of carbonyl (C=O) groups is 1. The molecule has 0 aliphatic heterocycles. The number of ketones is 1. The molecule has 1 saturated carbocycles. The van der Waals surface area contributed by atoms with E-state index in [4.69, 9.17) is 4.74 Å². The van der Waals surface area contributed by atoms with Gasteiger partial charge in [-0.2, -0.15) is 4.31 Å². The van der Waals surface area contributed by atoms with E-state index in [1.807, 2.05) is 31.2 Å². The minimum absolute atomic E-state index is 0.0990. The van der Waals surface area contributed by atoms with E-state index in [9.17, 15) is 13.2 Å². The summed E-state index contributed by atoms with van der Waals surface area (Å²) in [7, 11) is -2.13. The largest absolute Gasteiger partial charge is 0.497 e. The van der Waals surface area contributed by atoms with Crippen LogP contribution in [0.25, 0.3) is 0 Å². The third-order valence-corrected chi connectivity index (χ3v) is 7.03. The van der Waals surface area contributed by atoms with Crippen LogP contribution in [-0.4, -0.2) is 31.7 Å². The molecule has 0 amide bonds. The van der Waals surface area contributed by atoms with Crippen LogP contribution >= 0.6 is 0 Å². The van der Waals surface area contributed by atoms with E-state index in [1.165, 1.54) is 13.0 Å². The van der Waals surface area contributed by atoms with Gasteiger partial charge in [-0.3, -0.25) is 4.79 Å². The first kappa shape index (κ1) is 19.6. The van der Waals surface area contributed by atoms with Crippen LogP contribution in [0.1, 0.15) is 42.6 Å². The predicted molar refractivity (Wildman–Crippen MR) is 104 cm³/mol. The molecular weight excluding hydrogens is 362 g/mol. The molecule has 1 aliphatic rings. The molecule has 0 saturated heterocycles. The second-order valence-electron chi connectivity index (χ2n) is 7.06. The van der Waals surface area contributed by atoms with Crippen LogP contribution in [0.2, 0.25) is 0 Å². The number of rotatable bonds is 8. The van der Waals surface area contributed by atoms with Gasteiger partial charge in [0, 0.05) is 18.2 Å². The molecule has 1 atom stereocenters. The van der Waals surface area contributed by atoms with Gasteiger partial charge >= 0.3 is 0 Å². The Morgan fingerprint density at radius 3 is 2.41 bits per heavy atom. The van der Waals surface area contributed by atoms with Gasteiger partial charge in [-0.15, -0.1) is 0 Å². The lowest BCUT2D eigenvalue weighted by Crippen LogP contribution is -2.39. The Balaban J connectivity index is 1.95. The van der Waals surface area contributed by atoms with Crippen LogP contribution < -0.4 is 4.74 Å². The number of Topliss-reactive ketones (excluding diaryl/α,β-unsaturated/α-hetero) is 1. The summed E-state index contributed by atoms with van der Waals surface area (Å²) in [6.07, 6.45) is 2.09. The fourth-order valence-electron chi connectivity index (χ4n) is 3.18. The quantitative estimate of drug-likeness (QED) is 0.645. The van der Waals surface area contributed by atoms with E-state index >= 15 is 0 Å². The Morgan fingerprint density at radius 2 is 1.85 bits per heavy atom. The average molecular weight is 388 g/mol. The standard InChI is InChI=1S/C21H25NO4S/c1-15(18-9-10-18)22(14-17-7-11-20(26-3)12-8-17)27(24,25)21-6-4-5-19(13-21)16(2)23/h4-8,11-13,15,18H,9-10,14H2,1-3H3. The minimum Gasteiger partial charge on any atom is -0.497 e. The van der Waals surface area contributed by atoms with Gasteiger partial charge in [-0.25, -0.2) is 8.42 Å². The Morgan fingerprint density at radius 1 is 1.19 bits per heavy atom. The normalized spacial score (nSPS) is 15.6. The molecule has 0 heterocycles. The zero-order valence-corrected chi connectivity index (χ0v) is 16.7. The van der Waals surface area contributed by atoms with Crippen molar-refractivity contribution in [1.29, 1.82) is 0 Å². The lowest BCUT2D eigenvalue weighted by atomic mass is 10.1. The number of hydrogen-bond acceptors (Lipinski definition) is 4. The van der Waals surface area contributed by atoms with E-state index in [1.54, 1.807) is 29.6 Å². The van der Waals surface area contributed by atoms with Gasteiger partial charge in [0.1, 0.15) is 5.75 Å². The van der Waals surface area contributed by atoms with Crippen molar-refractivity contribution in [3.05, 3.63) is 59.7 Å². The Hall–Kier alpha value is -2.18. The molecule has 0 radical (unpaired) electrons. The molecule has 0 spiro atoms. The molecule has 6 heteroatoms. The van der Waals surface area contributed by atoms with Crippen LogP contribution in [0, 0.1) is 5.92 Å². The summed E-state index contributed by atoms with van der Waals surface area (Å²) in [6.45, 7) is 3.69. The van der Waals surface area contributed by atoms with Crippen LogP contribution in [0.5, 0.6) is 5.75 Å². The van der Waals surface area contributed by atoms with Gasteiger partial charge in [0.2, 0.25) is 10.0 Å². The average Bonchev–Trinajstić information content (AvgIpc) is 3.51. The second kappa shape index (κ2) is 7.82. The molecule has 1 unspecified atom stereocenters. The van der Waals surface area contributed by atoms with Gasteiger partial charge in [0.15, 0.2) is 5.78 Å². The highest BCUT2D eigenvalue weighted by atomic mass is 32.2. The summed E-state index contributed by atoms with van der Waals surface area (Å²) in [5.41, 5.74) is 1.30. The number of hydrogen-bond donors (Lipinski definition) is 0. The summed E-state index contributed by atoms with van der Waals surface area (Å²) in [5.74, 6) is 0.968. The molecule has 2 aromatic rings. The molecule has 27 heavy (non-hydrogen) atoms. The molecule has 5 nitrogen and oxygen atoms in total. The third kappa shape index (κ3) is 4.39. The van der Waals surface area contributed by atoms with Crippen molar-refractivity contribution in [3.8, 4) is 5.75 Å². The first-order valence-electron chi connectivity index (χ1n) is 9.08.